The minimum Gasteiger partial charge on any atom is -0.441 e. The summed E-state index contributed by atoms with van der Waals surface area (Å²) in [4.78, 5) is 8.96. The van der Waals surface area contributed by atoms with Crippen LogP contribution in [0.3, 0.4) is 0 Å². The molecule has 2 N–H and O–H groups in total. The number of hydrogen-bond acceptors (Lipinski definition) is 7. The highest BCUT2D eigenvalue weighted by Gasteiger charge is 2.39. The molecule has 6 nitrogen and oxygen atoms in total. The van der Waals surface area contributed by atoms with Gasteiger partial charge in [-0.2, -0.15) is 16.3 Å². The average molecular weight is 353 g/mol. The zero-order valence-corrected chi connectivity index (χ0v) is 14.2. The van der Waals surface area contributed by atoms with Crippen LogP contribution in [-0.2, 0) is 12.0 Å². The third kappa shape index (κ3) is 2.91. The van der Waals surface area contributed by atoms with E-state index in [4.69, 9.17) is 14.7 Å². The summed E-state index contributed by atoms with van der Waals surface area (Å²) >= 11 is 1.61. The van der Waals surface area contributed by atoms with E-state index >= 15 is 0 Å². The second-order valence-corrected chi connectivity index (χ2v) is 6.51. The van der Waals surface area contributed by atoms with Gasteiger partial charge in [0, 0.05) is 10.9 Å². The highest BCUT2D eigenvalue weighted by atomic mass is 35.5. The summed E-state index contributed by atoms with van der Waals surface area (Å²) in [5.41, 5.74) is 7.61. The first-order chi connectivity index (χ1) is 10.6. The minimum atomic E-state index is -0.400. The van der Waals surface area contributed by atoms with E-state index in [2.05, 4.69) is 15.1 Å². The van der Waals surface area contributed by atoms with Crippen molar-refractivity contribution in [2.45, 2.75) is 38.1 Å². The Morgan fingerprint density at radius 2 is 2.17 bits per heavy atom. The number of rotatable bonds is 4. The average Bonchev–Trinajstić information content (AvgIpc) is 3.18. The topological polar surface area (TPSA) is 91.0 Å². The van der Waals surface area contributed by atoms with Crippen LogP contribution in [0.4, 0.5) is 0 Å². The molecule has 0 amide bonds. The van der Waals surface area contributed by atoms with Gasteiger partial charge in [-0.05, 0) is 37.6 Å². The fourth-order valence-electron chi connectivity index (χ4n) is 2.56. The van der Waals surface area contributed by atoms with E-state index in [1.807, 2.05) is 23.8 Å². The number of aromatic nitrogens is 3. The Hall–Kier alpha value is -1.70. The van der Waals surface area contributed by atoms with Crippen molar-refractivity contribution in [3.63, 3.8) is 0 Å². The van der Waals surface area contributed by atoms with Crippen LogP contribution >= 0.6 is 23.7 Å². The van der Waals surface area contributed by atoms with E-state index in [1.54, 1.807) is 11.3 Å². The molecule has 0 atom stereocenters. The molecule has 8 heteroatoms. The van der Waals surface area contributed by atoms with Crippen LogP contribution in [0.15, 0.2) is 25.8 Å². The molecule has 0 aliphatic heterocycles. The highest BCUT2D eigenvalue weighted by Crippen LogP contribution is 2.37. The molecule has 1 fully saturated rings. The zero-order valence-electron chi connectivity index (χ0n) is 12.6. The first-order valence-electron chi connectivity index (χ1n) is 7.25. The Morgan fingerprint density at radius 3 is 2.83 bits per heavy atom. The van der Waals surface area contributed by atoms with E-state index in [0.717, 1.165) is 36.3 Å². The Balaban J connectivity index is 0.00000156. The molecular formula is C15H17ClN4O2S. The number of halogens is 1. The van der Waals surface area contributed by atoms with Gasteiger partial charge in [0.25, 0.3) is 0 Å². The summed E-state index contributed by atoms with van der Waals surface area (Å²) in [6, 6.07) is 1.99. The van der Waals surface area contributed by atoms with Gasteiger partial charge in [0.2, 0.25) is 11.8 Å². The number of oxazole rings is 1. The van der Waals surface area contributed by atoms with Crippen LogP contribution in [0.2, 0.25) is 0 Å². The van der Waals surface area contributed by atoms with Gasteiger partial charge in [-0.3, -0.25) is 0 Å². The zero-order chi connectivity index (χ0) is 15.2. The predicted molar refractivity (Wildman–Crippen MR) is 88.6 cm³/mol. The van der Waals surface area contributed by atoms with Crippen LogP contribution in [0, 0.1) is 6.92 Å². The van der Waals surface area contributed by atoms with Crippen molar-refractivity contribution in [2.24, 2.45) is 5.73 Å². The second-order valence-electron chi connectivity index (χ2n) is 5.73. The van der Waals surface area contributed by atoms with Crippen molar-refractivity contribution in [1.82, 2.24) is 15.1 Å². The lowest BCUT2D eigenvalue weighted by Crippen LogP contribution is -2.44. The van der Waals surface area contributed by atoms with Crippen LogP contribution in [0.5, 0.6) is 0 Å². The fourth-order valence-corrected chi connectivity index (χ4v) is 3.18. The third-order valence-electron chi connectivity index (χ3n) is 4.14. The molecular weight excluding hydrogens is 336 g/mol. The molecule has 1 aliphatic rings. The maximum Gasteiger partial charge on any atom is 0.232 e. The van der Waals surface area contributed by atoms with Crippen LogP contribution in [-0.4, -0.2) is 15.1 Å². The Morgan fingerprint density at radius 1 is 1.35 bits per heavy atom. The van der Waals surface area contributed by atoms with E-state index < -0.39 is 5.54 Å². The molecule has 1 saturated carbocycles. The SMILES string of the molecule is Cc1oc(-c2ccsc2)nc1Cc1nc(C2(N)CCC2)no1.Cl. The van der Waals surface area contributed by atoms with E-state index in [0.29, 0.717) is 24.0 Å². The van der Waals surface area contributed by atoms with Gasteiger partial charge in [-0.15, -0.1) is 12.4 Å². The quantitative estimate of drug-likeness (QED) is 0.773. The summed E-state index contributed by atoms with van der Waals surface area (Å²) in [6.45, 7) is 1.89. The normalized spacial score (nSPS) is 15.9. The van der Waals surface area contributed by atoms with Gasteiger partial charge < -0.3 is 14.7 Å². The maximum atomic E-state index is 6.21. The lowest BCUT2D eigenvalue weighted by atomic mass is 9.77. The number of thiophene rings is 1. The third-order valence-corrected chi connectivity index (χ3v) is 4.82. The predicted octanol–water partition coefficient (Wildman–Crippen LogP) is 3.45. The van der Waals surface area contributed by atoms with E-state index in [1.165, 1.54) is 0 Å². The van der Waals surface area contributed by atoms with Crippen molar-refractivity contribution < 1.29 is 8.94 Å². The van der Waals surface area contributed by atoms with Crippen molar-refractivity contribution in [1.29, 1.82) is 0 Å². The van der Waals surface area contributed by atoms with Gasteiger partial charge in [0.05, 0.1) is 17.7 Å². The molecule has 3 heterocycles. The first kappa shape index (κ1) is 16.2. The molecule has 0 spiro atoms. The summed E-state index contributed by atoms with van der Waals surface area (Å²) in [6.07, 6.45) is 3.41. The fraction of sp³-hybridized carbons (Fsp3) is 0.400. The maximum absolute atomic E-state index is 6.21. The standard InChI is InChI=1S/C15H16N4O2S.ClH/c1-9-11(17-13(20-9)10-3-6-22-8-10)7-12-18-14(19-21-12)15(16)4-2-5-15;/h3,6,8H,2,4-5,7,16H2,1H3;1H. The van der Waals surface area contributed by atoms with Gasteiger partial charge >= 0.3 is 0 Å². The van der Waals surface area contributed by atoms with Gasteiger partial charge in [0.15, 0.2) is 5.82 Å². The van der Waals surface area contributed by atoms with Crippen molar-refractivity contribution >= 4 is 23.7 Å². The highest BCUT2D eigenvalue weighted by molar-refractivity contribution is 7.08. The van der Waals surface area contributed by atoms with Crippen LogP contribution in [0.25, 0.3) is 11.5 Å². The molecule has 0 aromatic carbocycles. The van der Waals surface area contributed by atoms with Gasteiger partial charge in [-0.1, -0.05) is 5.16 Å². The van der Waals surface area contributed by atoms with Crippen molar-refractivity contribution in [2.75, 3.05) is 0 Å². The number of nitrogens with two attached hydrogens (primary N) is 1. The van der Waals surface area contributed by atoms with Crippen LogP contribution < -0.4 is 5.73 Å². The lowest BCUT2D eigenvalue weighted by Gasteiger charge is -2.34. The van der Waals surface area contributed by atoms with Crippen LogP contribution in [0.1, 0.15) is 42.4 Å². The molecule has 0 bridgehead atoms. The molecule has 3 aromatic rings. The summed E-state index contributed by atoms with van der Waals surface area (Å²) < 4.78 is 11.0. The molecule has 0 unspecified atom stereocenters. The van der Waals surface area contributed by atoms with Gasteiger partial charge in [0.1, 0.15) is 5.76 Å². The Kier molecular flexibility index (Phi) is 4.27. The van der Waals surface area contributed by atoms with Gasteiger partial charge in [-0.25, -0.2) is 4.98 Å². The first-order valence-corrected chi connectivity index (χ1v) is 8.19. The van der Waals surface area contributed by atoms with Crippen molar-refractivity contribution in [3.8, 4) is 11.5 Å². The van der Waals surface area contributed by atoms with Crippen molar-refractivity contribution in [3.05, 3.63) is 40.0 Å². The number of nitrogens with zero attached hydrogens (tertiary/aromatic N) is 3. The Labute approximate surface area is 143 Å². The molecule has 1 aliphatic carbocycles. The summed E-state index contributed by atoms with van der Waals surface area (Å²) in [5.74, 6) is 2.53. The molecule has 0 radical (unpaired) electrons. The number of hydrogen-bond donors (Lipinski definition) is 1. The summed E-state index contributed by atoms with van der Waals surface area (Å²) in [7, 11) is 0. The summed E-state index contributed by atoms with van der Waals surface area (Å²) in [5, 5.41) is 8.03. The molecule has 4 rings (SSSR count). The smallest absolute Gasteiger partial charge is 0.232 e. The molecule has 23 heavy (non-hydrogen) atoms. The molecule has 3 aromatic heterocycles. The van der Waals surface area contributed by atoms with E-state index in [-0.39, 0.29) is 12.4 Å². The second kappa shape index (κ2) is 6.07. The molecule has 0 saturated heterocycles. The lowest BCUT2D eigenvalue weighted by molar-refractivity contribution is 0.229. The molecule has 122 valence electrons. The van der Waals surface area contributed by atoms with E-state index in [9.17, 15) is 0 Å². The number of aryl methyl sites for hydroxylation is 1. The minimum absolute atomic E-state index is 0. The monoisotopic (exact) mass is 352 g/mol. The Bertz CT molecular complexity index is 792. The largest absolute Gasteiger partial charge is 0.441 e.